The summed E-state index contributed by atoms with van der Waals surface area (Å²) in [7, 11) is 0. The Kier molecular flexibility index (Phi) is 2.68. The van der Waals surface area contributed by atoms with Gasteiger partial charge in [0.2, 0.25) is 0 Å². The van der Waals surface area contributed by atoms with Gasteiger partial charge in [-0.05, 0) is 24.3 Å². The van der Waals surface area contributed by atoms with Gasteiger partial charge in [-0.15, -0.1) is 0 Å². The van der Waals surface area contributed by atoms with Gasteiger partial charge in [0.25, 0.3) is 11.8 Å². The van der Waals surface area contributed by atoms with E-state index in [2.05, 4.69) is 0 Å². The second-order valence-corrected chi connectivity index (χ2v) is 4.93. The van der Waals surface area contributed by atoms with E-state index < -0.39 is 23.6 Å². The second-order valence-electron chi connectivity index (χ2n) is 4.19. The molecular formula is C13H6F3NO2S. The molecule has 2 aromatic rings. The van der Waals surface area contributed by atoms with Crippen LogP contribution in [0.25, 0.3) is 0 Å². The van der Waals surface area contributed by atoms with Crippen molar-refractivity contribution < 1.29 is 22.8 Å². The Labute approximate surface area is 115 Å². The Bertz CT molecular complexity index is 673. The second kappa shape index (κ2) is 4.17. The predicted molar refractivity (Wildman–Crippen MR) is 66.9 cm³/mol. The van der Waals surface area contributed by atoms with Crippen LogP contribution in [-0.4, -0.2) is 11.8 Å². The molecule has 3 rings (SSSR count). The number of benzene rings is 1. The number of nitrogens with zero attached hydrogens (tertiary/aromatic N) is 1. The number of fused-ring (bicyclic) bond motifs is 1. The average Bonchev–Trinajstić information content (AvgIpc) is 2.94. The van der Waals surface area contributed by atoms with E-state index in [9.17, 15) is 22.8 Å². The van der Waals surface area contributed by atoms with Crippen molar-refractivity contribution in [2.75, 3.05) is 4.90 Å². The summed E-state index contributed by atoms with van der Waals surface area (Å²) in [5.41, 5.74) is -0.108. The number of imide groups is 1. The van der Waals surface area contributed by atoms with Gasteiger partial charge >= 0.3 is 6.18 Å². The Morgan fingerprint density at radius 1 is 0.900 bits per heavy atom. The molecule has 0 fully saturated rings. The van der Waals surface area contributed by atoms with E-state index in [1.165, 1.54) is 11.3 Å². The van der Waals surface area contributed by atoms with E-state index >= 15 is 0 Å². The molecule has 0 saturated heterocycles. The molecule has 0 bridgehead atoms. The summed E-state index contributed by atoms with van der Waals surface area (Å²) >= 11 is 1.24. The standard InChI is InChI=1S/C13H6F3NO2S/c14-13(15,16)7-1-3-8(4-2-7)17-11(18)9-5-20-6-10(9)12(17)19/h1-6H. The summed E-state index contributed by atoms with van der Waals surface area (Å²) in [6.07, 6.45) is -4.45. The van der Waals surface area contributed by atoms with Gasteiger partial charge in [-0.3, -0.25) is 9.59 Å². The molecular weight excluding hydrogens is 291 g/mol. The minimum Gasteiger partial charge on any atom is -0.268 e. The van der Waals surface area contributed by atoms with Crippen LogP contribution < -0.4 is 4.90 Å². The molecule has 2 amide bonds. The zero-order valence-corrected chi connectivity index (χ0v) is 10.6. The zero-order valence-electron chi connectivity index (χ0n) is 9.77. The maximum absolute atomic E-state index is 12.5. The van der Waals surface area contributed by atoms with Gasteiger partial charge in [-0.1, -0.05) is 0 Å². The van der Waals surface area contributed by atoms with Crippen LogP contribution in [0.4, 0.5) is 18.9 Å². The largest absolute Gasteiger partial charge is 0.416 e. The summed E-state index contributed by atoms with van der Waals surface area (Å²) in [6, 6.07) is 3.94. The molecule has 3 nitrogen and oxygen atoms in total. The number of hydrogen-bond acceptors (Lipinski definition) is 3. The Morgan fingerprint density at radius 3 is 1.85 bits per heavy atom. The average molecular weight is 297 g/mol. The number of thiophene rings is 1. The van der Waals surface area contributed by atoms with Crippen molar-refractivity contribution >= 4 is 28.8 Å². The van der Waals surface area contributed by atoms with Gasteiger partial charge in [0.1, 0.15) is 0 Å². The summed E-state index contributed by atoms with van der Waals surface area (Å²) < 4.78 is 37.4. The molecule has 1 aromatic heterocycles. The Balaban J connectivity index is 1.97. The van der Waals surface area contributed by atoms with Crippen molar-refractivity contribution in [1.29, 1.82) is 0 Å². The van der Waals surface area contributed by atoms with Crippen LogP contribution >= 0.6 is 11.3 Å². The van der Waals surface area contributed by atoms with Crippen molar-refractivity contribution in [3.63, 3.8) is 0 Å². The van der Waals surface area contributed by atoms with Gasteiger partial charge in [-0.25, -0.2) is 4.90 Å². The Hall–Kier alpha value is -2.15. The molecule has 1 aliphatic heterocycles. The molecule has 0 spiro atoms. The lowest BCUT2D eigenvalue weighted by atomic mass is 10.2. The van der Waals surface area contributed by atoms with Gasteiger partial charge < -0.3 is 0 Å². The number of amides is 2. The summed E-state index contributed by atoms with van der Waals surface area (Å²) in [5, 5.41) is 3.11. The highest BCUT2D eigenvalue weighted by Gasteiger charge is 2.38. The molecule has 20 heavy (non-hydrogen) atoms. The third-order valence-electron chi connectivity index (χ3n) is 2.98. The number of alkyl halides is 3. The van der Waals surface area contributed by atoms with Crippen LogP contribution in [0.1, 0.15) is 26.3 Å². The lowest BCUT2D eigenvalue weighted by Gasteiger charge is -2.15. The predicted octanol–water partition coefficient (Wildman–Crippen LogP) is 3.57. The molecule has 0 aliphatic carbocycles. The van der Waals surface area contributed by atoms with Gasteiger partial charge in [0.15, 0.2) is 0 Å². The highest BCUT2D eigenvalue weighted by molar-refractivity contribution is 7.08. The summed E-state index contributed by atoms with van der Waals surface area (Å²) in [6.45, 7) is 0. The molecule has 0 atom stereocenters. The van der Waals surface area contributed by atoms with E-state index in [-0.39, 0.29) is 5.69 Å². The number of hydrogen-bond donors (Lipinski definition) is 0. The van der Waals surface area contributed by atoms with E-state index in [0.717, 1.165) is 29.2 Å². The molecule has 1 aromatic carbocycles. The molecule has 0 radical (unpaired) electrons. The fraction of sp³-hybridized carbons (Fsp3) is 0.0769. The number of halogens is 3. The lowest BCUT2D eigenvalue weighted by Crippen LogP contribution is -2.29. The topological polar surface area (TPSA) is 37.4 Å². The van der Waals surface area contributed by atoms with E-state index in [1.54, 1.807) is 10.8 Å². The highest BCUT2D eigenvalue weighted by Crippen LogP contribution is 2.33. The maximum atomic E-state index is 12.5. The van der Waals surface area contributed by atoms with Crippen LogP contribution in [-0.2, 0) is 6.18 Å². The summed E-state index contributed by atoms with van der Waals surface area (Å²) in [4.78, 5) is 25.0. The Morgan fingerprint density at radius 2 is 1.40 bits per heavy atom. The van der Waals surface area contributed by atoms with Crippen molar-refractivity contribution in [2.45, 2.75) is 6.18 Å². The van der Waals surface area contributed by atoms with E-state index in [4.69, 9.17) is 0 Å². The zero-order chi connectivity index (χ0) is 14.5. The first kappa shape index (κ1) is 12.9. The van der Waals surface area contributed by atoms with Crippen LogP contribution in [0.2, 0.25) is 0 Å². The molecule has 102 valence electrons. The maximum Gasteiger partial charge on any atom is 0.416 e. The first-order chi connectivity index (χ1) is 9.39. The fourth-order valence-corrected chi connectivity index (χ4v) is 2.79. The molecule has 0 unspecified atom stereocenters. The van der Waals surface area contributed by atoms with E-state index in [1.807, 2.05) is 0 Å². The molecule has 0 N–H and O–H groups in total. The van der Waals surface area contributed by atoms with Crippen LogP contribution in [0.15, 0.2) is 35.0 Å². The van der Waals surface area contributed by atoms with E-state index in [0.29, 0.717) is 11.1 Å². The first-order valence-corrected chi connectivity index (χ1v) is 6.46. The third kappa shape index (κ3) is 1.82. The molecule has 0 saturated carbocycles. The SMILES string of the molecule is O=C1c2cscc2C(=O)N1c1ccc(C(F)(F)F)cc1. The smallest absolute Gasteiger partial charge is 0.268 e. The van der Waals surface area contributed by atoms with Crippen molar-refractivity contribution in [2.24, 2.45) is 0 Å². The highest BCUT2D eigenvalue weighted by atomic mass is 32.1. The number of anilines is 1. The number of carbonyl (C=O) groups is 2. The number of rotatable bonds is 1. The van der Waals surface area contributed by atoms with Gasteiger partial charge in [0, 0.05) is 10.8 Å². The molecule has 1 aliphatic rings. The van der Waals surface area contributed by atoms with Crippen LogP contribution in [0.3, 0.4) is 0 Å². The van der Waals surface area contributed by atoms with Gasteiger partial charge in [0.05, 0.1) is 22.4 Å². The van der Waals surface area contributed by atoms with Crippen LogP contribution in [0.5, 0.6) is 0 Å². The van der Waals surface area contributed by atoms with Crippen molar-refractivity contribution in [3.8, 4) is 0 Å². The molecule has 7 heteroatoms. The third-order valence-corrected chi connectivity index (χ3v) is 3.73. The summed E-state index contributed by atoms with van der Waals surface area (Å²) in [5.74, 6) is -1.02. The number of carbonyl (C=O) groups excluding carboxylic acids is 2. The fourth-order valence-electron chi connectivity index (χ4n) is 2.00. The monoisotopic (exact) mass is 297 g/mol. The minimum atomic E-state index is -4.45. The minimum absolute atomic E-state index is 0.134. The quantitative estimate of drug-likeness (QED) is 0.755. The normalized spacial score (nSPS) is 14.8. The lowest BCUT2D eigenvalue weighted by molar-refractivity contribution is -0.137. The van der Waals surface area contributed by atoms with Crippen molar-refractivity contribution in [3.05, 3.63) is 51.7 Å². The first-order valence-electron chi connectivity index (χ1n) is 5.52. The molecule has 2 heterocycles. The van der Waals surface area contributed by atoms with Crippen LogP contribution in [0, 0.1) is 0 Å². The van der Waals surface area contributed by atoms with Crippen molar-refractivity contribution in [1.82, 2.24) is 0 Å². The van der Waals surface area contributed by atoms with Gasteiger partial charge in [-0.2, -0.15) is 24.5 Å².